The van der Waals surface area contributed by atoms with Crippen LogP contribution in [0.3, 0.4) is 0 Å². The molecule has 0 aliphatic rings. The lowest BCUT2D eigenvalue weighted by molar-refractivity contribution is 0.102. The van der Waals surface area contributed by atoms with Crippen LogP contribution in [-0.4, -0.2) is 15.0 Å². The minimum atomic E-state index is -0.179. The smallest absolute Gasteiger partial charge is 0.321 e. The molecule has 4 aromatic rings. The number of rotatable bonds is 4. The van der Waals surface area contributed by atoms with Crippen molar-refractivity contribution in [1.82, 2.24) is 9.13 Å². The molecule has 0 fully saturated rings. The normalized spacial score (nSPS) is 11.7. The summed E-state index contributed by atoms with van der Waals surface area (Å²) in [4.78, 5) is 27.6. The Hall–Kier alpha value is -3.25. The maximum absolute atomic E-state index is 13.1. The number of nitrogens with one attached hydrogen (secondary N) is 1. The molecule has 1 N–H and O–H groups in total. The third kappa shape index (κ3) is 4.62. The molecule has 0 saturated carbocycles. The van der Waals surface area contributed by atoms with E-state index in [2.05, 4.69) is 57.3 Å². The Kier molecular flexibility index (Phi) is 5.97. The van der Waals surface area contributed by atoms with Crippen LogP contribution in [0, 0.1) is 6.92 Å². The van der Waals surface area contributed by atoms with Gasteiger partial charge in [-0.1, -0.05) is 62.4 Å². The van der Waals surface area contributed by atoms with Crippen molar-refractivity contribution in [1.29, 1.82) is 0 Å². The molecular weight excluding hydrogens is 430 g/mol. The SMILES string of the molecule is Cc1ccc(Sc2cc3c(cc2NC(=O)c2ccc(C(C)(C)C)cc2)n(C)c(=O)n3C)cc1. The predicted octanol–water partition coefficient (Wildman–Crippen LogP) is 5.89. The number of carbonyl (C=O) groups excluding carboxylic acids is 1. The number of aromatic nitrogens is 2. The number of hydrogen-bond acceptors (Lipinski definition) is 3. The fourth-order valence-corrected chi connectivity index (χ4v) is 4.67. The second-order valence-electron chi connectivity index (χ2n) is 9.43. The van der Waals surface area contributed by atoms with Crippen LogP contribution in [0.1, 0.15) is 42.3 Å². The molecule has 170 valence electrons. The standard InChI is InChI=1S/C27H29N3O2S/c1-17-7-13-20(14-8-17)33-24-16-23-22(29(5)26(32)30(23)6)15-21(24)28-25(31)18-9-11-19(12-10-18)27(2,3)4/h7-16H,1-6H3,(H,28,31). The summed E-state index contributed by atoms with van der Waals surface area (Å²) in [6.45, 7) is 8.50. The summed E-state index contributed by atoms with van der Waals surface area (Å²) < 4.78 is 3.23. The molecule has 5 nitrogen and oxygen atoms in total. The fraction of sp³-hybridized carbons (Fsp3) is 0.259. The minimum absolute atomic E-state index is 0.0238. The number of fused-ring (bicyclic) bond motifs is 1. The third-order valence-corrected chi connectivity index (χ3v) is 6.95. The highest BCUT2D eigenvalue weighted by Crippen LogP contribution is 2.36. The molecule has 0 atom stereocenters. The Morgan fingerprint density at radius 2 is 1.45 bits per heavy atom. The van der Waals surface area contributed by atoms with E-state index in [1.54, 1.807) is 35.0 Å². The van der Waals surface area contributed by atoms with Crippen molar-refractivity contribution in [2.45, 2.75) is 42.9 Å². The van der Waals surface area contributed by atoms with Crippen molar-refractivity contribution in [3.63, 3.8) is 0 Å². The highest BCUT2D eigenvalue weighted by Gasteiger charge is 2.17. The van der Waals surface area contributed by atoms with Gasteiger partial charge in [-0.3, -0.25) is 13.9 Å². The molecule has 6 heteroatoms. The van der Waals surface area contributed by atoms with Crippen molar-refractivity contribution in [2.75, 3.05) is 5.32 Å². The summed E-state index contributed by atoms with van der Waals surface area (Å²) in [5.74, 6) is -0.179. The van der Waals surface area contributed by atoms with Gasteiger partial charge in [0.05, 0.1) is 16.7 Å². The van der Waals surface area contributed by atoms with Crippen LogP contribution in [0.2, 0.25) is 0 Å². The lowest BCUT2D eigenvalue weighted by Crippen LogP contribution is -2.19. The van der Waals surface area contributed by atoms with E-state index in [0.717, 1.165) is 20.8 Å². The van der Waals surface area contributed by atoms with Gasteiger partial charge in [0.2, 0.25) is 0 Å². The Bertz CT molecular complexity index is 1390. The monoisotopic (exact) mass is 459 g/mol. The van der Waals surface area contributed by atoms with Gasteiger partial charge in [0.15, 0.2) is 0 Å². The van der Waals surface area contributed by atoms with Gasteiger partial charge in [0, 0.05) is 29.4 Å². The van der Waals surface area contributed by atoms with Crippen LogP contribution in [0.5, 0.6) is 0 Å². The first-order valence-electron chi connectivity index (χ1n) is 10.9. The number of nitrogens with zero attached hydrogens (tertiary/aromatic N) is 2. The van der Waals surface area contributed by atoms with E-state index >= 15 is 0 Å². The molecule has 0 aliphatic heterocycles. The highest BCUT2D eigenvalue weighted by molar-refractivity contribution is 7.99. The first-order chi connectivity index (χ1) is 15.5. The zero-order chi connectivity index (χ0) is 23.9. The highest BCUT2D eigenvalue weighted by atomic mass is 32.2. The quantitative estimate of drug-likeness (QED) is 0.414. The molecule has 1 amide bonds. The van der Waals surface area contributed by atoms with Crippen molar-refractivity contribution in [2.24, 2.45) is 14.1 Å². The zero-order valence-electron chi connectivity index (χ0n) is 19.9. The summed E-state index contributed by atoms with van der Waals surface area (Å²) in [7, 11) is 3.51. The number of benzene rings is 3. The first kappa shape index (κ1) is 22.9. The number of amides is 1. The first-order valence-corrected chi connectivity index (χ1v) is 11.7. The fourth-order valence-electron chi connectivity index (χ4n) is 3.76. The van der Waals surface area contributed by atoms with Gasteiger partial charge in [0.25, 0.3) is 5.91 Å². The molecular formula is C27H29N3O2S. The molecule has 0 bridgehead atoms. The van der Waals surface area contributed by atoms with Crippen molar-refractivity contribution < 1.29 is 4.79 Å². The molecule has 0 unspecified atom stereocenters. The number of anilines is 1. The van der Waals surface area contributed by atoms with Crippen LogP contribution in [0.4, 0.5) is 5.69 Å². The summed E-state index contributed by atoms with van der Waals surface area (Å²) in [5, 5.41) is 3.08. The van der Waals surface area contributed by atoms with Crippen molar-refractivity contribution in [3.05, 3.63) is 87.8 Å². The average Bonchev–Trinajstić information content (AvgIpc) is 2.98. The Balaban J connectivity index is 1.74. The van der Waals surface area contributed by atoms with E-state index in [1.165, 1.54) is 11.1 Å². The summed E-state index contributed by atoms with van der Waals surface area (Å²) >= 11 is 1.57. The van der Waals surface area contributed by atoms with E-state index in [9.17, 15) is 9.59 Å². The van der Waals surface area contributed by atoms with E-state index in [0.29, 0.717) is 11.3 Å². The maximum atomic E-state index is 13.1. The number of aryl methyl sites for hydroxylation is 3. The molecule has 3 aromatic carbocycles. The Morgan fingerprint density at radius 3 is 2.03 bits per heavy atom. The van der Waals surface area contributed by atoms with Crippen LogP contribution < -0.4 is 11.0 Å². The van der Waals surface area contributed by atoms with Gasteiger partial charge in [-0.2, -0.15) is 0 Å². The van der Waals surface area contributed by atoms with E-state index in [-0.39, 0.29) is 17.0 Å². The van der Waals surface area contributed by atoms with E-state index in [1.807, 2.05) is 36.4 Å². The molecule has 4 rings (SSSR count). The maximum Gasteiger partial charge on any atom is 0.328 e. The predicted molar refractivity (Wildman–Crippen MR) is 137 cm³/mol. The summed E-state index contributed by atoms with van der Waals surface area (Å²) in [6.07, 6.45) is 0. The lowest BCUT2D eigenvalue weighted by Gasteiger charge is -2.19. The van der Waals surface area contributed by atoms with Gasteiger partial charge in [-0.25, -0.2) is 4.79 Å². The van der Waals surface area contributed by atoms with E-state index in [4.69, 9.17) is 0 Å². The Morgan fingerprint density at radius 1 is 0.879 bits per heavy atom. The zero-order valence-corrected chi connectivity index (χ0v) is 20.7. The molecule has 1 heterocycles. The van der Waals surface area contributed by atoms with Gasteiger partial charge in [0.1, 0.15) is 0 Å². The van der Waals surface area contributed by atoms with Gasteiger partial charge < -0.3 is 5.32 Å². The molecule has 0 saturated heterocycles. The summed E-state index contributed by atoms with van der Waals surface area (Å²) in [6, 6.07) is 19.8. The number of carbonyl (C=O) groups is 1. The second kappa shape index (κ2) is 8.60. The summed E-state index contributed by atoms with van der Waals surface area (Å²) in [5.41, 5.74) is 5.16. The van der Waals surface area contributed by atoms with Crippen LogP contribution in [0.15, 0.2) is 75.2 Å². The van der Waals surface area contributed by atoms with Gasteiger partial charge in [-0.15, -0.1) is 0 Å². The van der Waals surface area contributed by atoms with Gasteiger partial charge >= 0.3 is 5.69 Å². The van der Waals surface area contributed by atoms with E-state index < -0.39 is 0 Å². The number of hydrogen-bond donors (Lipinski definition) is 1. The largest absolute Gasteiger partial charge is 0.328 e. The lowest BCUT2D eigenvalue weighted by atomic mass is 9.87. The minimum Gasteiger partial charge on any atom is -0.321 e. The third-order valence-electron chi connectivity index (χ3n) is 5.88. The molecule has 0 aliphatic carbocycles. The van der Waals surface area contributed by atoms with Crippen LogP contribution in [-0.2, 0) is 19.5 Å². The van der Waals surface area contributed by atoms with Crippen molar-refractivity contribution >= 4 is 34.4 Å². The van der Waals surface area contributed by atoms with Crippen LogP contribution in [0.25, 0.3) is 11.0 Å². The molecule has 33 heavy (non-hydrogen) atoms. The van der Waals surface area contributed by atoms with Crippen molar-refractivity contribution in [3.8, 4) is 0 Å². The van der Waals surface area contributed by atoms with Gasteiger partial charge in [-0.05, 0) is 54.3 Å². The van der Waals surface area contributed by atoms with Crippen LogP contribution >= 0.6 is 11.8 Å². The molecule has 0 radical (unpaired) electrons. The molecule has 0 spiro atoms. The molecule has 1 aromatic heterocycles. The second-order valence-corrected chi connectivity index (χ2v) is 10.5. The topological polar surface area (TPSA) is 56.0 Å². The Labute approximate surface area is 198 Å². The average molecular weight is 460 g/mol. The number of imidazole rings is 1.